The molecule has 22 heavy (non-hydrogen) atoms. The lowest BCUT2D eigenvalue weighted by Crippen LogP contribution is -1.92. The summed E-state index contributed by atoms with van der Waals surface area (Å²) in [5, 5.41) is 19.1. The molecule has 0 saturated heterocycles. The van der Waals surface area contributed by atoms with E-state index in [1.165, 1.54) is 19.2 Å². The van der Waals surface area contributed by atoms with Crippen LogP contribution in [0.2, 0.25) is 0 Å². The monoisotopic (exact) mass is 300 g/mol. The summed E-state index contributed by atoms with van der Waals surface area (Å²) in [6, 6.07) is 7.97. The first-order chi connectivity index (χ1) is 10.4. The van der Waals surface area contributed by atoms with Crippen molar-refractivity contribution in [3.8, 4) is 5.75 Å². The summed E-state index contributed by atoms with van der Waals surface area (Å²) in [7, 11) is 1.44. The van der Waals surface area contributed by atoms with Gasteiger partial charge in [0.25, 0.3) is 5.69 Å². The fraction of sp³-hybridized carbons (Fsp3) is 0.200. The lowest BCUT2D eigenvalue weighted by molar-refractivity contribution is -0.384. The third-order valence-corrected chi connectivity index (χ3v) is 3.23. The van der Waals surface area contributed by atoms with Crippen molar-refractivity contribution in [3.63, 3.8) is 0 Å². The van der Waals surface area contributed by atoms with Crippen molar-refractivity contribution in [2.24, 2.45) is 10.2 Å². The predicted octanol–water partition coefficient (Wildman–Crippen LogP) is 4.22. The van der Waals surface area contributed by atoms with Gasteiger partial charge < -0.3 is 10.5 Å². The molecule has 7 nitrogen and oxygen atoms in total. The largest absolute Gasteiger partial charge is 0.496 e. The molecule has 0 aliphatic heterocycles. The van der Waals surface area contributed by atoms with E-state index in [0.29, 0.717) is 17.1 Å². The molecule has 0 fully saturated rings. The number of nitrogen functional groups attached to an aromatic ring is 1. The second-order valence-corrected chi connectivity index (χ2v) is 4.80. The van der Waals surface area contributed by atoms with E-state index in [4.69, 9.17) is 10.5 Å². The Morgan fingerprint density at radius 3 is 2.32 bits per heavy atom. The number of anilines is 1. The number of nitrogens with two attached hydrogens (primary N) is 1. The van der Waals surface area contributed by atoms with Gasteiger partial charge >= 0.3 is 0 Å². The summed E-state index contributed by atoms with van der Waals surface area (Å²) in [5.41, 5.74) is 8.95. The minimum absolute atomic E-state index is 0.160. The van der Waals surface area contributed by atoms with Crippen LogP contribution in [0, 0.1) is 24.0 Å². The van der Waals surface area contributed by atoms with Crippen LogP contribution in [-0.4, -0.2) is 12.0 Å². The van der Waals surface area contributed by atoms with E-state index < -0.39 is 4.92 Å². The maximum absolute atomic E-state index is 11.1. The summed E-state index contributed by atoms with van der Waals surface area (Å²) >= 11 is 0. The highest BCUT2D eigenvalue weighted by Crippen LogP contribution is 2.33. The summed E-state index contributed by atoms with van der Waals surface area (Å²) in [5.74, 6) is 0.393. The molecule has 0 spiro atoms. The number of aryl methyl sites for hydroxylation is 2. The lowest BCUT2D eigenvalue weighted by atomic mass is 10.1. The molecule has 0 unspecified atom stereocenters. The normalized spacial score (nSPS) is 10.9. The average molecular weight is 300 g/mol. The Kier molecular flexibility index (Phi) is 4.36. The molecule has 0 saturated carbocycles. The van der Waals surface area contributed by atoms with E-state index in [1.807, 2.05) is 13.8 Å². The first-order valence-electron chi connectivity index (χ1n) is 6.53. The Balaban J connectivity index is 2.40. The molecule has 2 rings (SSSR count). The zero-order valence-corrected chi connectivity index (χ0v) is 12.5. The van der Waals surface area contributed by atoms with Gasteiger partial charge in [0.05, 0.1) is 23.8 Å². The Morgan fingerprint density at radius 1 is 1.14 bits per heavy atom. The molecular formula is C15H16N4O3. The van der Waals surface area contributed by atoms with Crippen LogP contribution in [0.4, 0.5) is 22.7 Å². The van der Waals surface area contributed by atoms with Crippen molar-refractivity contribution in [3.05, 3.63) is 51.6 Å². The van der Waals surface area contributed by atoms with Gasteiger partial charge in [-0.1, -0.05) is 0 Å². The zero-order chi connectivity index (χ0) is 16.3. The molecule has 0 atom stereocenters. The molecule has 2 N–H and O–H groups in total. The Hall–Kier alpha value is -2.96. The Morgan fingerprint density at radius 2 is 1.77 bits per heavy atom. The van der Waals surface area contributed by atoms with E-state index in [1.54, 1.807) is 18.2 Å². The lowest BCUT2D eigenvalue weighted by Gasteiger charge is -2.05. The fourth-order valence-corrected chi connectivity index (χ4v) is 1.98. The molecule has 0 aliphatic rings. The van der Waals surface area contributed by atoms with Gasteiger partial charge in [-0.25, -0.2) is 0 Å². The second-order valence-electron chi connectivity index (χ2n) is 4.80. The van der Waals surface area contributed by atoms with Crippen LogP contribution in [0.3, 0.4) is 0 Å². The van der Waals surface area contributed by atoms with Gasteiger partial charge in [0.2, 0.25) is 0 Å². The number of nitro benzene ring substituents is 1. The number of benzene rings is 2. The third-order valence-electron chi connectivity index (χ3n) is 3.23. The summed E-state index contributed by atoms with van der Waals surface area (Å²) in [6.07, 6.45) is 0. The number of ether oxygens (including phenoxy) is 1. The maximum Gasteiger partial charge on any atom is 0.300 e. The molecular weight excluding hydrogens is 284 g/mol. The minimum atomic E-state index is -0.518. The minimum Gasteiger partial charge on any atom is -0.496 e. The van der Waals surface area contributed by atoms with Gasteiger partial charge in [-0.2, -0.15) is 5.11 Å². The van der Waals surface area contributed by atoms with Crippen molar-refractivity contribution in [1.82, 2.24) is 0 Å². The highest BCUT2D eigenvalue weighted by atomic mass is 16.6. The Labute approximate surface area is 127 Å². The van der Waals surface area contributed by atoms with Crippen molar-refractivity contribution in [2.45, 2.75) is 13.8 Å². The average Bonchev–Trinajstić information content (AvgIpc) is 2.50. The van der Waals surface area contributed by atoms with Crippen LogP contribution in [-0.2, 0) is 0 Å². The van der Waals surface area contributed by atoms with Crippen LogP contribution in [0.5, 0.6) is 5.75 Å². The third kappa shape index (κ3) is 3.20. The van der Waals surface area contributed by atoms with Gasteiger partial charge in [0.15, 0.2) is 5.69 Å². The molecule has 0 aliphatic carbocycles. The van der Waals surface area contributed by atoms with Gasteiger partial charge in [0.1, 0.15) is 5.75 Å². The number of methoxy groups -OCH3 is 1. The van der Waals surface area contributed by atoms with Gasteiger partial charge in [0, 0.05) is 5.69 Å². The van der Waals surface area contributed by atoms with Gasteiger partial charge in [-0.05, 0) is 49.2 Å². The SMILES string of the molecule is COc1ccc(/N=N/c2cc(C)c(N)c(C)c2)c([N+](=O)[O-])c1. The molecule has 114 valence electrons. The Bertz CT molecular complexity index is 733. The highest BCUT2D eigenvalue weighted by Gasteiger charge is 2.15. The second kappa shape index (κ2) is 6.21. The van der Waals surface area contributed by atoms with Crippen molar-refractivity contribution in [1.29, 1.82) is 0 Å². The molecule has 7 heteroatoms. The number of rotatable bonds is 4. The number of azo groups is 1. The number of hydrogen-bond donors (Lipinski definition) is 1. The maximum atomic E-state index is 11.1. The highest BCUT2D eigenvalue weighted by molar-refractivity contribution is 5.62. The molecule has 0 heterocycles. The van der Waals surface area contributed by atoms with E-state index in [2.05, 4.69) is 10.2 Å². The van der Waals surface area contributed by atoms with E-state index in [9.17, 15) is 10.1 Å². The number of nitrogens with zero attached hydrogens (tertiary/aromatic N) is 3. The first-order valence-corrected chi connectivity index (χ1v) is 6.53. The van der Waals surface area contributed by atoms with Crippen molar-refractivity contribution >= 4 is 22.7 Å². The number of nitro groups is 1. The fourth-order valence-electron chi connectivity index (χ4n) is 1.98. The van der Waals surface area contributed by atoms with Crippen LogP contribution in [0.15, 0.2) is 40.6 Å². The standard InChI is InChI=1S/C15H16N4O3/c1-9-6-11(7-10(2)15(9)16)17-18-13-5-4-12(22-3)8-14(13)19(20)21/h4-8H,16H2,1-3H3/b18-17+. The summed E-state index contributed by atoms with van der Waals surface area (Å²) in [4.78, 5) is 10.6. The van der Waals surface area contributed by atoms with Crippen LogP contribution >= 0.6 is 0 Å². The molecule has 2 aromatic rings. The topological polar surface area (TPSA) is 103 Å². The smallest absolute Gasteiger partial charge is 0.300 e. The van der Waals surface area contributed by atoms with E-state index in [0.717, 1.165) is 11.1 Å². The van der Waals surface area contributed by atoms with Crippen LogP contribution in [0.25, 0.3) is 0 Å². The van der Waals surface area contributed by atoms with E-state index >= 15 is 0 Å². The van der Waals surface area contributed by atoms with Gasteiger partial charge in [-0.15, -0.1) is 5.11 Å². The zero-order valence-electron chi connectivity index (χ0n) is 12.5. The molecule has 0 amide bonds. The molecule has 0 radical (unpaired) electrons. The summed E-state index contributed by atoms with van der Waals surface area (Å²) < 4.78 is 4.98. The summed E-state index contributed by atoms with van der Waals surface area (Å²) in [6.45, 7) is 3.74. The first kappa shape index (κ1) is 15.4. The van der Waals surface area contributed by atoms with Gasteiger partial charge in [-0.3, -0.25) is 10.1 Å². The van der Waals surface area contributed by atoms with E-state index in [-0.39, 0.29) is 11.4 Å². The van der Waals surface area contributed by atoms with Crippen LogP contribution in [0.1, 0.15) is 11.1 Å². The quantitative estimate of drug-likeness (QED) is 0.395. The molecule has 0 bridgehead atoms. The molecule has 0 aromatic heterocycles. The van der Waals surface area contributed by atoms with Crippen molar-refractivity contribution < 1.29 is 9.66 Å². The number of hydrogen-bond acceptors (Lipinski definition) is 6. The van der Waals surface area contributed by atoms with Crippen molar-refractivity contribution in [2.75, 3.05) is 12.8 Å². The van der Waals surface area contributed by atoms with Crippen LogP contribution < -0.4 is 10.5 Å². The molecule has 2 aromatic carbocycles. The predicted molar refractivity (Wildman–Crippen MR) is 84.2 cm³/mol.